The number of amides is 1. The lowest BCUT2D eigenvalue weighted by atomic mass is 10.1. The first-order chi connectivity index (χ1) is 8.81. The summed E-state index contributed by atoms with van der Waals surface area (Å²) in [7, 11) is 0. The topological polar surface area (TPSA) is 41.1 Å². The molecule has 0 aliphatic carbocycles. The molecule has 0 aliphatic heterocycles. The number of carbonyl (C=O) groups excluding carboxylic acids is 1. The number of hydrogen-bond donors (Lipinski definition) is 2. The van der Waals surface area contributed by atoms with Crippen molar-refractivity contribution in [3.63, 3.8) is 0 Å². The number of hydrogen-bond acceptors (Lipinski definition) is 2. The number of anilines is 1. The van der Waals surface area contributed by atoms with Crippen molar-refractivity contribution in [1.29, 1.82) is 0 Å². The SMILES string of the molecule is O=C(CI)NCCNc1cccc2ccccc12. The minimum atomic E-state index is 0.0790. The van der Waals surface area contributed by atoms with E-state index in [2.05, 4.69) is 57.5 Å². The van der Waals surface area contributed by atoms with Crippen molar-refractivity contribution in [1.82, 2.24) is 5.32 Å². The zero-order valence-corrected chi connectivity index (χ0v) is 12.1. The highest BCUT2D eigenvalue weighted by Gasteiger charge is 2.00. The van der Waals surface area contributed by atoms with Gasteiger partial charge in [-0.05, 0) is 11.5 Å². The third kappa shape index (κ3) is 3.35. The highest BCUT2D eigenvalue weighted by Crippen LogP contribution is 2.22. The average Bonchev–Trinajstić information content (AvgIpc) is 2.43. The molecular formula is C14H15IN2O. The van der Waals surface area contributed by atoms with Crippen LogP contribution in [0.25, 0.3) is 10.8 Å². The molecule has 0 unspecified atom stereocenters. The molecule has 0 radical (unpaired) electrons. The van der Waals surface area contributed by atoms with Crippen molar-refractivity contribution in [3.8, 4) is 0 Å². The summed E-state index contributed by atoms with van der Waals surface area (Å²) in [5.41, 5.74) is 1.11. The van der Waals surface area contributed by atoms with E-state index in [0.29, 0.717) is 11.0 Å². The van der Waals surface area contributed by atoms with Crippen LogP contribution in [0, 0.1) is 0 Å². The van der Waals surface area contributed by atoms with E-state index in [4.69, 9.17) is 0 Å². The first-order valence-corrected chi connectivity index (χ1v) is 7.38. The van der Waals surface area contributed by atoms with Gasteiger partial charge in [0.05, 0.1) is 4.43 Å². The Hall–Kier alpha value is -1.30. The lowest BCUT2D eigenvalue weighted by Crippen LogP contribution is -2.29. The van der Waals surface area contributed by atoms with Gasteiger partial charge >= 0.3 is 0 Å². The Morgan fingerprint density at radius 3 is 2.67 bits per heavy atom. The van der Waals surface area contributed by atoms with Crippen LogP contribution in [0.2, 0.25) is 0 Å². The number of alkyl halides is 1. The summed E-state index contributed by atoms with van der Waals surface area (Å²) in [4.78, 5) is 11.1. The summed E-state index contributed by atoms with van der Waals surface area (Å²) in [6.07, 6.45) is 0. The number of halogens is 1. The quantitative estimate of drug-likeness (QED) is 0.493. The highest BCUT2D eigenvalue weighted by atomic mass is 127. The van der Waals surface area contributed by atoms with E-state index in [1.165, 1.54) is 10.8 Å². The maximum absolute atomic E-state index is 11.1. The van der Waals surface area contributed by atoms with E-state index in [0.717, 1.165) is 12.2 Å². The minimum absolute atomic E-state index is 0.0790. The van der Waals surface area contributed by atoms with Crippen LogP contribution in [0.1, 0.15) is 0 Å². The predicted molar refractivity (Wildman–Crippen MR) is 84.3 cm³/mol. The van der Waals surface area contributed by atoms with E-state index in [-0.39, 0.29) is 5.91 Å². The van der Waals surface area contributed by atoms with Gasteiger partial charge in [0.25, 0.3) is 0 Å². The van der Waals surface area contributed by atoms with Crippen molar-refractivity contribution in [2.45, 2.75) is 0 Å². The molecule has 3 nitrogen and oxygen atoms in total. The Bertz CT molecular complexity index is 537. The summed E-state index contributed by atoms with van der Waals surface area (Å²) >= 11 is 2.06. The van der Waals surface area contributed by atoms with E-state index in [1.807, 2.05) is 18.2 Å². The lowest BCUT2D eigenvalue weighted by Gasteiger charge is -2.10. The second-order valence-corrected chi connectivity index (χ2v) is 4.70. The summed E-state index contributed by atoms with van der Waals surface area (Å²) in [6, 6.07) is 14.5. The summed E-state index contributed by atoms with van der Waals surface area (Å²) < 4.78 is 0.506. The Morgan fingerprint density at radius 1 is 1.06 bits per heavy atom. The van der Waals surface area contributed by atoms with Crippen LogP contribution in [0.4, 0.5) is 5.69 Å². The van der Waals surface area contributed by atoms with E-state index in [1.54, 1.807) is 0 Å². The van der Waals surface area contributed by atoms with Gasteiger partial charge in [0.2, 0.25) is 5.91 Å². The van der Waals surface area contributed by atoms with Crippen molar-refractivity contribution >= 4 is 45.0 Å². The summed E-state index contributed by atoms with van der Waals surface area (Å²) in [5.74, 6) is 0.0790. The smallest absolute Gasteiger partial charge is 0.229 e. The Balaban J connectivity index is 1.97. The maximum Gasteiger partial charge on any atom is 0.229 e. The van der Waals surface area contributed by atoms with Crippen LogP contribution in [-0.2, 0) is 4.79 Å². The maximum atomic E-state index is 11.1. The summed E-state index contributed by atoms with van der Waals surface area (Å²) in [5, 5.41) is 8.62. The zero-order chi connectivity index (χ0) is 12.8. The van der Waals surface area contributed by atoms with Crippen molar-refractivity contribution in [3.05, 3.63) is 42.5 Å². The second kappa shape index (κ2) is 6.58. The molecule has 1 amide bonds. The summed E-state index contributed by atoms with van der Waals surface area (Å²) in [6.45, 7) is 1.38. The normalized spacial score (nSPS) is 10.3. The third-order valence-corrected chi connectivity index (χ3v) is 3.37. The molecule has 2 aromatic rings. The fourth-order valence-corrected chi connectivity index (χ4v) is 2.10. The lowest BCUT2D eigenvalue weighted by molar-refractivity contribution is -0.118. The molecule has 4 heteroatoms. The van der Waals surface area contributed by atoms with Crippen LogP contribution in [0.15, 0.2) is 42.5 Å². The van der Waals surface area contributed by atoms with Gasteiger partial charge in [-0.15, -0.1) is 0 Å². The number of carbonyl (C=O) groups is 1. The molecule has 0 saturated carbocycles. The molecule has 0 aromatic heterocycles. The molecule has 0 bridgehead atoms. The molecule has 2 rings (SSSR count). The minimum Gasteiger partial charge on any atom is -0.383 e. The number of fused-ring (bicyclic) bond motifs is 1. The molecule has 0 heterocycles. The molecule has 0 atom stereocenters. The first-order valence-electron chi connectivity index (χ1n) is 5.85. The molecule has 0 fully saturated rings. The monoisotopic (exact) mass is 354 g/mol. The Morgan fingerprint density at radius 2 is 1.83 bits per heavy atom. The van der Waals surface area contributed by atoms with E-state index < -0.39 is 0 Å². The van der Waals surface area contributed by atoms with Crippen molar-refractivity contribution in [2.24, 2.45) is 0 Å². The first kappa shape index (κ1) is 13.1. The van der Waals surface area contributed by atoms with Crippen LogP contribution < -0.4 is 10.6 Å². The standard InChI is InChI=1S/C14H15IN2O/c15-10-14(18)17-9-8-16-13-7-3-5-11-4-1-2-6-12(11)13/h1-7,16H,8-10H2,(H,17,18). The van der Waals surface area contributed by atoms with Gasteiger partial charge in [0.1, 0.15) is 0 Å². The van der Waals surface area contributed by atoms with Crippen molar-refractivity contribution < 1.29 is 4.79 Å². The van der Waals surface area contributed by atoms with Gasteiger partial charge in [0, 0.05) is 24.2 Å². The van der Waals surface area contributed by atoms with Gasteiger partial charge in [-0.25, -0.2) is 0 Å². The van der Waals surface area contributed by atoms with Crippen molar-refractivity contribution in [2.75, 3.05) is 22.8 Å². The molecule has 0 spiro atoms. The van der Waals surface area contributed by atoms with E-state index in [9.17, 15) is 4.79 Å². The predicted octanol–water partition coefficient (Wildman–Crippen LogP) is 2.80. The molecule has 18 heavy (non-hydrogen) atoms. The van der Waals surface area contributed by atoms with Crippen LogP contribution in [0.3, 0.4) is 0 Å². The molecule has 2 N–H and O–H groups in total. The molecule has 0 aliphatic rings. The second-order valence-electron chi connectivity index (χ2n) is 3.94. The van der Waals surface area contributed by atoms with Crippen LogP contribution in [-0.4, -0.2) is 23.4 Å². The molecular weight excluding hydrogens is 339 g/mol. The number of benzene rings is 2. The third-order valence-electron chi connectivity index (χ3n) is 2.67. The van der Waals surface area contributed by atoms with Gasteiger partial charge < -0.3 is 10.6 Å². The number of rotatable bonds is 5. The molecule has 0 saturated heterocycles. The molecule has 2 aromatic carbocycles. The van der Waals surface area contributed by atoms with Crippen LogP contribution >= 0.6 is 22.6 Å². The Labute approximate surface area is 120 Å². The average molecular weight is 354 g/mol. The Kier molecular flexibility index (Phi) is 4.81. The zero-order valence-electron chi connectivity index (χ0n) is 9.95. The van der Waals surface area contributed by atoms with Gasteiger partial charge in [-0.3, -0.25) is 4.79 Å². The van der Waals surface area contributed by atoms with Gasteiger partial charge in [0.15, 0.2) is 0 Å². The van der Waals surface area contributed by atoms with Gasteiger partial charge in [-0.2, -0.15) is 0 Å². The highest BCUT2D eigenvalue weighted by molar-refractivity contribution is 14.1. The fraction of sp³-hybridized carbons (Fsp3) is 0.214. The van der Waals surface area contributed by atoms with Gasteiger partial charge in [-0.1, -0.05) is 59.0 Å². The largest absolute Gasteiger partial charge is 0.383 e. The molecule has 94 valence electrons. The fourth-order valence-electron chi connectivity index (χ4n) is 1.83. The van der Waals surface area contributed by atoms with E-state index >= 15 is 0 Å². The van der Waals surface area contributed by atoms with Crippen LogP contribution in [0.5, 0.6) is 0 Å². The number of nitrogens with one attached hydrogen (secondary N) is 2.